The second kappa shape index (κ2) is 11.1. The largest absolute Gasteiger partial charge is 0.490 e. The number of hydrogen-bond donors (Lipinski definition) is 1. The number of hydrogen-bond acceptors (Lipinski definition) is 3. The first-order valence-electron chi connectivity index (χ1n) is 9.73. The van der Waals surface area contributed by atoms with Gasteiger partial charge in [-0.2, -0.15) is 5.10 Å². The molecule has 0 radical (unpaired) electrons. The number of benzene rings is 1. The molecule has 1 N–H and O–H groups in total. The molecule has 0 aliphatic carbocycles. The molecular weight excluding hydrogens is 357 g/mol. The Bertz CT molecular complexity index is 849. The van der Waals surface area contributed by atoms with Gasteiger partial charge in [-0.3, -0.25) is 9.48 Å². The molecule has 0 saturated carbocycles. The topological polar surface area (TPSA) is 56.1 Å². The number of halogens is 1. The maximum atomic E-state index is 14.6. The van der Waals surface area contributed by atoms with Crippen LogP contribution in [0.25, 0.3) is 0 Å². The first-order valence-corrected chi connectivity index (χ1v) is 9.73. The molecular formula is C22H28FN3O2. The molecule has 0 aliphatic rings. The van der Waals surface area contributed by atoms with Crippen molar-refractivity contribution >= 4 is 5.91 Å². The number of amides is 1. The highest BCUT2D eigenvalue weighted by Gasteiger charge is 2.14. The quantitative estimate of drug-likeness (QED) is 0.524. The van der Waals surface area contributed by atoms with Gasteiger partial charge in [-0.15, -0.1) is 11.8 Å². The van der Waals surface area contributed by atoms with Gasteiger partial charge < -0.3 is 10.1 Å². The number of aryl methyl sites for hydroxylation is 2. The van der Waals surface area contributed by atoms with E-state index in [2.05, 4.69) is 29.2 Å². The summed E-state index contributed by atoms with van der Waals surface area (Å²) in [5, 5.41) is 7.00. The number of nitrogens with zero attached hydrogens (tertiary/aromatic N) is 2. The van der Waals surface area contributed by atoms with Gasteiger partial charge in [0, 0.05) is 32.0 Å². The van der Waals surface area contributed by atoms with Gasteiger partial charge >= 0.3 is 0 Å². The van der Waals surface area contributed by atoms with Gasteiger partial charge in [0.2, 0.25) is 0 Å². The molecule has 0 atom stereocenters. The second-order valence-corrected chi connectivity index (χ2v) is 6.47. The van der Waals surface area contributed by atoms with Gasteiger partial charge in [0.1, 0.15) is 5.69 Å². The fraction of sp³-hybridized carbons (Fsp3) is 0.455. The molecule has 1 heterocycles. The Hall–Kier alpha value is -2.81. The Kier molecular flexibility index (Phi) is 8.54. The van der Waals surface area contributed by atoms with E-state index in [0.29, 0.717) is 17.9 Å². The first kappa shape index (κ1) is 21.5. The Morgan fingerprint density at radius 1 is 1.29 bits per heavy atom. The minimum atomic E-state index is -0.445. The summed E-state index contributed by atoms with van der Waals surface area (Å²) in [6.45, 7) is 4.55. The van der Waals surface area contributed by atoms with Crippen LogP contribution in [0, 0.1) is 17.7 Å². The fourth-order valence-electron chi connectivity index (χ4n) is 2.63. The number of rotatable bonds is 9. The molecule has 0 saturated heterocycles. The van der Waals surface area contributed by atoms with Crippen molar-refractivity contribution in [2.45, 2.75) is 52.5 Å². The van der Waals surface area contributed by atoms with E-state index >= 15 is 0 Å². The predicted molar refractivity (Wildman–Crippen MR) is 108 cm³/mol. The molecule has 2 rings (SSSR count). The van der Waals surface area contributed by atoms with Crippen molar-refractivity contribution in [3.8, 4) is 17.6 Å². The van der Waals surface area contributed by atoms with Gasteiger partial charge in [0.25, 0.3) is 5.91 Å². The molecule has 1 amide bonds. The van der Waals surface area contributed by atoms with E-state index in [-0.39, 0.29) is 18.2 Å². The van der Waals surface area contributed by atoms with E-state index in [4.69, 9.17) is 4.74 Å². The van der Waals surface area contributed by atoms with Crippen LogP contribution in [0.3, 0.4) is 0 Å². The SMILES string of the molecule is CCCC#CCCCOc1cccc(CNC(=O)c2cc(CC)nn2C)c1F. The zero-order valence-corrected chi connectivity index (χ0v) is 16.8. The van der Waals surface area contributed by atoms with E-state index in [1.807, 2.05) is 6.92 Å². The van der Waals surface area contributed by atoms with Crippen molar-refractivity contribution in [3.63, 3.8) is 0 Å². The van der Waals surface area contributed by atoms with Crippen molar-refractivity contribution in [2.24, 2.45) is 7.05 Å². The van der Waals surface area contributed by atoms with Crippen LogP contribution in [-0.2, 0) is 20.0 Å². The number of carbonyl (C=O) groups is 1. The highest BCUT2D eigenvalue weighted by atomic mass is 19.1. The maximum Gasteiger partial charge on any atom is 0.269 e. The zero-order chi connectivity index (χ0) is 20.4. The third-order valence-electron chi connectivity index (χ3n) is 4.21. The zero-order valence-electron chi connectivity index (χ0n) is 16.8. The van der Waals surface area contributed by atoms with E-state index in [9.17, 15) is 9.18 Å². The molecule has 150 valence electrons. The lowest BCUT2D eigenvalue weighted by Gasteiger charge is -2.11. The normalized spacial score (nSPS) is 10.3. The van der Waals surface area contributed by atoms with Crippen LogP contribution in [0.15, 0.2) is 24.3 Å². The van der Waals surface area contributed by atoms with Crippen LogP contribution >= 0.6 is 0 Å². The average molecular weight is 385 g/mol. The lowest BCUT2D eigenvalue weighted by molar-refractivity contribution is 0.0941. The molecule has 1 aromatic carbocycles. The third kappa shape index (κ3) is 6.12. The molecule has 6 heteroatoms. The number of aromatic nitrogens is 2. The van der Waals surface area contributed by atoms with Crippen molar-refractivity contribution in [2.75, 3.05) is 6.61 Å². The summed E-state index contributed by atoms with van der Waals surface area (Å²) in [5.41, 5.74) is 1.67. The summed E-state index contributed by atoms with van der Waals surface area (Å²) in [4.78, 5) is 12.3. The summed E-state index contributed by atoms with van der Waals surface area (Å²) in [7, 11) is 1.72. The van der Waals surface area contributed by atoms with Crippen LogP contribution in [0.1, 0.15) is 61.3 Å². The van der Waals surface area contributed by atoms with Gasteiger partial charge in [-0.05, 0) is 31.4 Å². The van der Waals surface area contributed by atoms with E-state index in [0.717, 1.165) is 37.8 Å². The highest BCUT2D eigenvalue weighted by Crippen LogP contribution is 2.21. The molecule has 0 unspecified atom stereocenters. The summed E-state index contributed by atoms with van der Waals surface area (Å²) in [6.07, 6.45) is 4.19. The Morgan fingerprint density at radius 3 is 2.79 bits per heavy atom. The number of ether oxygens (including phenoxy) is 1. The number of unbranched alkanes of at least 4 members (excludes halogenated alkanes) is 2. The van der Waals surface area contributed by atoms with E-state index < -0.39 is 5.82 Å². The minimum Gasteiger partial charge on any atom is -0.490 e. The van der Waals surface area contributed by atoms with Crippen LogP contribution < -0.4 is 10.1 Å². The maximum absolute atomic E-state index is 14.6. The standard InChI is InChI=1S/C22H28FN3O2/c1-4-6-7-8-9-10-14-28-20-13-11-12-17(21(20)23)16-24-22(27)19-15-18(5-2)25-26(19)3/h11-13,15H,4-6,9-10,14,16H2,1-3H3,(H,24,27). The molecule has 0 fully saturated rings. The lowest BCUT2D eigenvalue weighted by Crippen LogP contribution is -2.25. The number of nitrogens with one attached hydrogen (secondary N) is 1. The number of carbonyl (C=O) groups excluding carboxylic acids is 1. The van der Waals surface area contributed by atoms with Gasteiger partial charge in [-0.25, -0.2) is 4.39 Å². The van der Waals surface area contributed by atoms with Crippen molar-refractivity contribution in [1.29, 1.82) is 0 Å². The summed E-state index contributed by atoms with van der Waals surface area (Å²) >= 11 is 0. The second-order valence-electron chi connectivity index (χ2n) is 6.47. The molecule has 1 aromatic heterocycles. The predicted octanol–water partition coefficient (Wildman–Crippen LogP) is 4.01. The van der Waals surface area contributed by atoms with Crippen LogP contribution in [-0.4, -0.2) is 22.3 Å². The smallest absolute Gasteiger partial charge is 0.269 e. The van der Waals surface area contributed by atoms with E-state index in [1.54, 1.807) is 31.3 Å². The van der Waals surface area contributed by atoms with Gasteiger partial charge in [0.15, 0.2) is 11.6 Å². The van der Waals surface area contributed by atoms with Crippen molar-refractivity contribution in [1.82, 2.24) is 15.1 Å². The highest BCUT2D eigenvalue weighted by molar-refractivity contribution is 5.92. The van der Waals surface area contributed by atoms with Crippen molar-refractivity contribution < 1.29 is 13.9 Å². The van der Waals surface area contributed by atoms with E-state index in [1.165, 1.54) is 4.68 Å². The first-order chi connectivity index (χ1) is 13.6. The van der Waals surface area contributed by atoms with Gasteiger partial charge in [0.05, 0.1) is 12.3 Å². The fourth-order valence-corrected chi connectivity index (χ4v) is 2.63. The Balaban J connectivity index is 1.89. The Morgan fingerprint density at radius 2 is 2.07 bits per heavy atom. The average Bonchev–Trinajstić information content (AvgIpc) is 3.08. The molecule has 0 spiro atoms. The molecule has 0 bridgehead atoms. The minimum absolute atomic E-state index is 0.0804. The van der Waals surface area contributed by atoms with Gasteiger partial charge in [-0.1, -0.05) is 26.0 Å². The molecule has 28 heavy (non-hydrogen) atoms. The van der Waals surface area contributed by atoms with Crippen LogP contribution in [0.5, 0.6) is 5.75 Å². The summed E-state index contributed by atoms with van der Waals surface area (Å²) < 4.78 is 21.7. The van der Waals surface area contributed by atoms with Crippen LogP contribution in [0.2, 0.25) is 0 Å². The Labute approximate surface area is 166 Å². The lowest BCUT2D eigenvalue weighted by atomic mass is 10.2. The molecule has 0 aliphatic heterocycles. The van der Waals surface area contributed by atoms with Crippen LogP contribution in [0.4, 0.5) is 4.39 Å². The summed E-state index contributed by atoms with van der Waals surface area (Å²) in [6, 6.07) is 6.70. The summed E-state index contributed by atoms with van der Waals surface area (Å²) in [5.74, 6) is 5.62. The van der Waals surface area contributed by atoms with Crippen molar-refractivity contribution in [3.05, 3.63) is 47.0 Å². The molecule has 2 aromatic rings. The monoisotopic (exact) mass is 385 g/mol. The molecule has 5 nitrogen and oxygen atoms in total. The third-order valence-corrected chi connectivity index (χ3v) is 4.21.